The summed E-state index contributed by atoms with van der Waals surface area (Å²) >= 11 is 0. The van der Waals surface area contributed by atoms with Gasteiger partial charge in [-0.1, -0.05) is 13.8 Å². The van der Waals surface area contributed by atoms with Crippen molar-refractivity contribution in [1.29, 1.82) is 5.41 Å². The molecule has 4 saturated carbocycles. The van der Waals surface area contributed by atoms with E-state index < -0.39 is 5.60 Å². The zero-order chi connectivity index (χ0) is 20.9. The van der Waals surface area contributed by atoms with E-state index >= 15 is 0 Å². The van der Waals surface area contributed by atoms with Crippen LogP contribution in [0.15, 0.2) is 5.10 Å². The molecule has 5 N–H and O–H groups in total. The Morgan fingerprint density at radius 3 is 2.66 bits per heavy atom. The van der Waals surface area contributed by atoms with Gasteiger partial charge in [0.25, 0.3) is 0 Å². The molecule has 0 unspecified atom stereocenters. The summed E-state index contributed by atoms with van der Waals surface area (Å²) in [5, 5.41) is 36.8. The van der Waals surface area contributed by atoms with Crippen LogP contribution in [0.1, 0.15) is 78.1 Å². The topological polar surface area (TPSA) is 101 Å². The second-order valence-electron chi connectivity index (χ2n) is 10.8. The summed E-state index contributed by atoms with van der Waals surface area (Å²) in [5.74, 6) is 2.26. The molecule has 0 heterocycles. The fourth-order valence-corrected chi connectivity index (χ4v) is 8.04. The van der Waals surface area contributed by atoms with E-state index in [-0.39, 0.29) is 22.9 Å². The third-order valence-corrected chi connectivity index (χ3v) is 9.92. The molecule has 0 amide bonds. The highest BCUT2D eigenvalue weighted by atomic mass is 16.3. The Kier molecular flexibility index (Phi) is 5.48. The van der Waals surface area contributed by atoms with Gasteiger partial charge in [-0.2, -0.15) is 5.10 Å². The standard InChI is InChI=1S/C23H40N4O2/c1-21-10-7-17(28)14-16(21)4-5-19-18(21)8-11-22(2)15(6-12-23(19,22)29)9-13-26-27-20(24)25-3/h13,15-19,28-29H,4-12,14H2,1-3H3,(H3,24,25,27)/b26-13+/t15-,16-,17+,18+,19-,21+,22-,23+/m1/s1. The Balaban J connectivity index is 1.50. The summed E-state index contributed by atoms with van der Waals surface area (Å²) in [6.45, 7) is 4.80. The zero-order valence-electron chi connectivity index (χ0n) is 18.4. The van der Waals surface area contributed by atoms with Crippen molar-refractivity contribution < 1.29 is 10.2 Å². The molecule has 8 atom stereocenters. The molecule has 29 heavy (non-hydrogen) atoms. The van der Waals surface area contributed by atoms with Crippen LogP contribution in [0.3, 0.4) is 0 Å². The minimum Gasteiger partial charge on any atom is -0.393 e. The summed E-state index contributed by atoms with van der Waals surface area (Å²) in [5.41, 5.74) is 2.37. The van der Waals surface area contributed by atoms with E-state index in [1.54, 1.807) is 7.05 Å². The van der Waals surface area contributed by atoms with E-state index in [9.17, 15) is 10.2 Å². The molecule has 4 fully saturated rings. The maximum atomic E-state index is 12.1. The minimum atomic E-state index is -0.566. The maximum Gasteiger partial charge on any atom is 0.208 e. The fourth-order valence-electron chi connectivity index (χ4n) is 8.04. The summed E-state index contributed by atoms with van der Waals surface area (Å²) in [4.78, 5) is 0. The minimum absolute atomic E-state index is 0.0475. The van der Waals surface area contributed by atoms with Crippen molar-refractivity contribution in [3.05, 3.63) is 0 Å². The normalized spacial score (nSPS) is 49.2. The van der Waals surface area contributed by atoms with Crippen LogP contribution in [-0.2, 0) is 0 Å². The molecule has 6 heteroatoms. The van der Waals surface area contributed by atoms with E-state index in [4.69, 9.17) is 5.41 Å². The average Bonchev–Trinajstić information content (AvgIpc) is 2.96. The van der Waals surface area contributed by atoms with Gasteiger partial charge in [-0.3, -0.25) is 5.41 Å². The average molecular weight is 405 g/mol. The molecule has 0 bridgehead atoms. The second-order valence-corrected chi connectivity index (χ2v) is 10.8. The molecule has 0 saturated heterocycles. The van der Waals surface area contributed by atoms with Gasteiger partial charge in [0.05, 0.1) is 11.7 Å². The highest BCUT2D eigenvalue weighted by Gasteiger charge is 2.66. The summed E-state index contributed by atoms with van der Waals surface area (Å²) in [6, 6.07) is 0. The number of aliphatic hydroxyl groups excluding tert-OH is 1. The van der Waals surface area contributed by atoms with Gasteiger partial charge in [0.1, 0.15) is 0 Å². The molecule has 0 aliphatic heterocycles. The maximum absolute atomic E-state index is 12.1. The van der Waals surface area contributed by atoms with Crippen LogP contribution in [0.2, 0.25) is 0 Å². The molecule has 0 aromatic carbocycles. The lowest BCUT2D eigenvalue weighted by Gasteiger charge is -2.63. The van der Waals surface area contributed by atoms with Gasteiger partial charge in [-0.05, 0) is 98.7 Å². The first kappa shape index (κ1) is 21.1. The van der Waals surface area contributed by atoms with Crippen molar-refractivity contribution in [1.82, 2.24) is 10.7 Å². The first-order chi connectivity index (χ1) is 13.7. The Morgan fingerprint density at radius 1 is 1.10 bits per heavy atom. The van der Waals surface area contributed by atoms with E-state index in [1.807, 2.05) is 6.21 Å². The van der Waals surface area contributed by atoms with Crippen LogP contribution >= 0.6 is 0 Å². The van der Waals surface area contributed by atoms with Gasteiger partial charge in [0.15, 0.2) is 0 Å². The first-order valence-electron chi connectivity index (χ1n) is 11.7. The lowest BCUT2D eigenvalue weighted by molar-refractivity contribution is -0.209. The van der Waals surface area contributed by atoms with Crippen molar-refractivity contribution in [2.75, 3.05) is 7.05 Å². The van der Waals surface area contributed by atoms with Gasteiger partial charge in [0, 0.05) is 13.3 Å². The third-order valence-electron chi connectivity index (χ3n) is 9.92. The molecule has 6 nitrogen and oxygen atoms in total. The van der Waals surface area contributed by atoms with Crippen LogP contribution < -0.4 is 10.7 Å². The Bertz CT molecular complexity index is 669. The zero-order valence-corrected chi connectivity index (χ0v) is 18.4. The van der Waals surface area contributed by atoms with Crippen LogP contribution in [0, 0.1) is 39.9 Å². The molecule has 4 aliphatic rings. The summed E-state index contributed by atoms with van der Waals surface area (Å²) < 4.78 is 0. The van der Waals surface area contributed by atoms with E-state index in [1.165, 1.54) is 6.42 Å². The third kappa shape index (κ3) is 3.21. The molecular formula is C23H40N4O2. The smallest absolute Gasteiger partial charge is 0.208 e. The van der Waals surface area contributed by atoms with Crippen molar-refractivity contribution in [2.45, 2.75) is 89.8 Å². The van der Waals surface area contributed by atoms with Gasteiger partial charge in [0.2, 0.25) is 5.96 Å². The molecule has 4 aliphatic carbocycles. The van der Waals surface area contributed by atoms with Crippen LogP contribution in [0.25, 0.3) is 0 Å². The number of rotatable bonds is 3. The van der Waals surface area contributed by atoms with Crippen molar-refractivity contribution >= 4 is 12.2 Å². The van der Waals surface area contributed by atoms with Crippen LogP contribution in [-0.4, -0.2) is 41.1 Å². The molecule has 0 spiro atoms. The monoisotopic (exact) mass is 404 g/mol. The predicted molar refractivity (Wildman–Crippen MR) is 116 cm³/mol. The van der Waals surface area contributed by atoms with Gasteiger partial charge in [-0.25, -0.2) is 5.43 Å². The predicted octanol–water partition coefficient (Wildman–Crippen LogP) is 3.24. The quantitative estimate of drug-likeness (QED) is 0.283. The number of nitrogens with one attached hydrogen (secondary N) is 3. The van der Waals surface area contributed by atoms with E-state index in [2.05, 4.69) is 29.7 Å². The summed E-state index contributed by atoms with van der Waals surface area (Å²) in [7, 11) is 1.70. The summed E-state index contributed by atoms with van der Waals surface area (Å²) in [6.07, 6.45) is 12.2. The Hall–Kier alpha value is -1.14. The lowest BCUT2D eigenvalue weighted by atomic mass is 9.43. The molecule has 164 valence electrons. The van der Waals surface area contributed by atoms with Crippen LogP contribution in [0.4, 0.5) is 0 Å². The highest BCUT2D eigenvalue weighted by molar-refractivity contribution is 5.76. The van der Waals surface area contributed by atoms with Gasteiger partial charge < -0.3 is 15.5 Å². The van der Waals surface area contributed by atoms with Gasteiger partial charge >= 0.3 is 0 Å². The largest absolute Gasteiger partial charge is 0.393 e. The SMILES string of the molecule is CNC(=N)N/N=C/C[C@H]1CC[C@]2(O)[C@@H]3CC[C@@H]4C[C@@H](O)CC[C@]4(C)[C@H]3CC[C@]12C. The molecule has 0 aromatic rings. The molecule has 0 aromatic heterocycles. The molecular weight excluding hydrogens is 364 g/mol. The number of hydrogen-bond acceptors (Lipinski definition) is 4. The Morgan fingerprint density at radius 2 is 1.90 bits per heavy atom. The van der Waals surface area contributed by atoms with Crippen molar-refractivity contribution in [3.8, 4) is 0 Å². The van der Waals surface area contributed by atoms with Crippen LogP contribution in [0.5, 0.6) is 0 Å². The van der Waals surface area contributed by atoms with Gasteiger partial charge in [-0.15, -0.1) is 0 Å². The van der Waals surface area contributed by atoms with Crippen molar-refractivity contribution in [3.63, 3.8) is 0 Å². The van der Waals surface area contributed by atoms with Crippen molar-refractivity contribution in [2.24, 2.45) is 39.6 Å². The first-order valence-corrected chi connectivity index (χ1v) is 11.7. The number of hydrogen-bond donors (Lipinski definition) is 5. The lowest BCUT2D eigenvalue weighted by Crippen LogP contribution is -2.62. The number of guanidine groups is 1. The number of fused-ring (bicyclic) bond motifs is 5. The Labute approximate surface area is 175 Å². The number of hydrazone groups is 1. The second kappa shape index (κ2) is 7.52. The molecule has 0 radical (unpaired) electrons. The highest BCUT2D eigenvalue weighted by Crippen LogP contribution is 2.69. The number of nitrogens with zero attached hydrogens (tertiary/aromatic N) is 1. The van der Waals surface area contributed by atoms with E-state index in [0.717, 1.165) is 57.8 Å². The van der Waals surface area contributed by atoms with E-state index in [0.29, 0.717) is 23.7 Å². The molecule has 4 rings (SSSR count). The number of aliphatic hydroxyl groups is 2. The fraction of sp³-hybridized carbons (Fsp3) is 0.913.